The van der Waals surface area contributed by atoms with Gasteiger partial charge in [0.1, 0.15) is 11.9 Å². The molecular formula is C21H22ClFN4O2S. The molecule has 2 aromatic rings. The van der Waals surface area contributed by atoms with E-state index in [4.69, 9.17) is 21.3 Å². The van der Waals surface area contributed by atoms with Gasteiger partial charge in [0.15, 0.2) is 10.8 Å². The first kappa shape index (κ1) is 21.0. The first-order chi connectivity index (χ1) is 14.6. The number of hydrogen-bond acceptors (Lipinski definition) is 7. The lowest BCUT2D eigenvalue weighted by Gasteiger charge is -2.33. The summed E-state index contributed by atoms with van der Waals surface area (Å²) >= 11 is 7.76. The number of thiazole rings is 1. The van der Waals surface area contributed by atoms with Crippen LogP contribution in [0.1, 0.15) is 36.4 Å². The highest BCUT2D eigenvalue weighted by Gasteiger charge is 2.37. The number of carbonyl (C=O) groups excluding carboxylic acids is 1. The van der Waals surface area contributed by atoms with Crippen LogP contribution >= 0.6 is 22.9 Å². The Bertz CT molecular complexity index is 987. The summed E-state index contributed by atoms with van der Waals surface area (Å²) in [5, 5.41) is 9.22. The van der Waals surface area contributed by atoms with Crippen molar-refractivity contribution in [1.82, 2.24) is 15.6 Å². The number of ether oxygens (including phenoxy) is 1. The quantitative estimate of drug-likeness (QED) is 0.679. The number of aromatic nitrogens is 1. The lowest BCUT2D eigenvalue weighted by atomic mass is 9.86. The van der Waals surface area contributed by atoms with E-state index in [9.17, 15) is 9.18 Å². The Morgan fingerprint density at radius 2 is 2.17 bits per heavy atom. The van der Waals surface area contributed by atoms with Gasteiger partial charge in [-0.15, -0.1) is 11.3 Å². The molecule has 9 heteroatoms. The zero-order valence-electron chi connectivity index (χ0n) is 16.5. The van der Waals surface area contributed by atoms with Gasteiger partial charge in [-0.1, -0.05) is 23.7 Å². The monoisotopic (exact) mass is 448 g/mol. The van der Waals surface area contributed by atoms with Crippen LogP contribution in [0.4, 0.5) is 4.39 Å². The van der Waals surface area contributed by atoms with Crippen LogP contribution < -0.4 is 10.6 Å². The maximum absolute atomic E-state index is 14.3. The van der Waals surface area contributed by atoms with Crippen molar-refractivity contribution in [3.63, 3.8) is 0 Å². The molecule has 158 valence electrons. The van der Waals surface area contributed by atoms with E-state index in [2.05, 4.69) is 15.6 Å². The fraction of sp³-hybridized carbons (Fsp3) is 0.381. The van der Waals surface area contributed by atoms with Crippen molar-refractivity contribution in [2.24, 2.45) is 10.9 Å². The third kappa shape index (κ3) is 4.12. The predicted octanol–water partition coefficient (Wildman–Crippen LogP) is 3.84. The van der Waals surface area contributed by atoms with Crippen LogP contribution in [0.15, 0.2) is 46.0 Å². The van der Waals surface area contributed by atoms with Gasteiger partial charge < -0.3 is 15.4 Å². The number of rotatable bonds is 5. The van der Waals surface area contributed by atoms with Gasteiger partial charge in [-0.05, 0) is 38.9 Å². The molecule has 2 aliphatic rings. The average Bonchev–Trinajstić information content (AvgIpc) is 3.30. The van der Waals surface area contributed by atoms with E-state index in [0.717, 1.165) is 31.6 Å². The number of nitrogens with zero attached hydrogens (tertiary/aromatic N) is 2. The molecule has 0 aliphatic carbocycles. The number of piperidine rings is 1. The Morgan fingerprint density at radius 1 is 1.37 bits per heavy atom. The van der Waals surface area contributed by atoms with Crippen molar-refractivity contribution in [3.8, 4) is 0 Å². The van der Waals surface area contributed by atoms with Crippen LogP contribution in [0.3, 0.4) is 0 Å². The third-order valence-corrected chi connectivity index (χ3v) is 6.41. The minimum Gasteiger partial charge on any atom is -0.463 e. The second kappa shape index (κ2) is 9.24. The van der Waals surface area contributed by atoms with E-state index < -0.39 is 17.8 Å². The normalized spacial score (nSPS) is 20.0. The highest BCUT2D eigenvalue weighted by atomic mass is 35.5. The number of aliphatic imine (C=N–C) groups is 1. The van der Waals surface area contributed by atoms with Crippen molar-refractivity contribution in [3.05, 3.63) is 62.5 Å². The van der Waals surface area contributed by atoms with Gasteiger partial charge in [-0.3, -0.25) is 4.99 Å². The minimum absolute atomic E-state index is 0.0434. The van der Waals surface area contributed by atoms with Crippen molar-refractivity contribution >= 4 is 34.7 Å². The number of esters is 1. The molecule has 6 nitrogen and oxygen atoms in total. The fourth-order valence-electron chi connectivity index (χ4n) is 3.84. The molecule has 0 radical (unpaired) electrons. The Labute approximate surface area is 183 Å². The highest BCUT2D eigenvalue weighted by Crippen LogP contribution is 2.40. The SMILES string of the molecule is CCOC(=O)C1=C(C2CCNCC2)NC(c2nccs2)=NC1c1cccc(F)c1Cl. The topological polar surface area (TPSA) is 75.6 Å². The largest absolute Gasteiger partial charge is 0.463 e. The van der Waals surface area contributed by atoms with Gasteiger partial charge in [0.05, 0.1) is 17.2 Å². The summed E-state index contributed by atoms with van der Waals surface area (Å²) in [4.78, 5) is 22.2. The van der Waals surface area contributed by atoms with Crippen LogP contribution in [-0.2, 0) is 9.53 Å². The van der Waals surface area contributed by atoms with E-state index in [-0.39, 0.29) is 17.5 Å². The van der Waals surface area contributed by atoms with E-state index in [1.807, 2.05) is 5.38 Å². The van der Waals surface area contributed by atoms with Gasteiger partial charge in [0.2, 0.25) is 0 Å². The smallest absolute Gasteiger partial charge is 0.338 e. The molecule has 0 saturated carbocycles. The number of allylic oxidation sites excluding steroid dienone is 1. The lowest BCUT2D eigenvalue weighted by molar-refractivity contribution is -0.139. The standard InChI is InChI=1S/C21H22ClFN4O2S/c1-2-29-21(28)15-17(12-6-8-24-9-7-12)26-19(20-25-10-11-30-20)27-18(15)13-4-3-5-14(23)16(13)22/h3-5,10-12,18,24H,2,6-9H2,1H3,(H,26,27). The Hall–Kier alpha value is -2.29. The van der Waals surface area contributed by atoms with Crippen LogP contribution in [0.5, 0.6) is 0 Å². The molecule has 0 bridgehead atoms. The maximum Gasteiger partial charge on any atom is 0.338 e. The summed E-state index contributed by atoms with van der Waals surface area (Å²) in [6.07, 6.45) is 3.42. The molecule has 1 aromatic heterocycles. The Balaban J connectivity index is 1.89. The summed E-state index contributed by atoms with van der Waals surface area (Å²) < 4.78 is 19.7. The fourth-order valence-corrected chi connectivity index (χ4v) is 4.65. The van der Waals surface area contributed by atoms with E-state index >= 15 is 0 Å². The molecule has 4 rings (SSSR count). The number of hydrogen-bond donors (Lipinski definition) is 2. The lowest BCUT2D eigenvalue weighted by Crippen LogP contribution is -2.40. The second-order valence-corrected chi connectivity index (χ2v) is 8.33. The molecule has 1 aromatic carbocycles. The van der Waals surface area contributed by atoms with Crippen LogP contribution in [0.25, 0.3) is 0 Å². The van der Waals surface area contributed by atoms with Gasteiger partial charge in [0.25, 0.3) is 0 Å². The van der Waals surface area contributed by atoms with Crippen molar-refractivity contribution < 1.29 is 13.9 Å². The summed E-state index contributed by atoms with van der Waals surface area (Å²) in [6.45, 7) is 3.68. The number of carbonyl (C=O) groups is 1. The van der Waals surface area contributed by atoms with Crippen molar-refractivity contribution in [2.75, 3.05) is 19.7 Å². The molecule has 3 heterocycles. The summed E-state index contributed by atoms with van der Waals surface area (Å²) in [7, 11) is 0. The molecular weight excluding hydrogens is 427 g/mol. The van der Waals surface area contributed by atoms with Crippen LogP contribution in [0, 0.1) is 11.7 Å². The van der Waals surface area contributed by atoms with Gasteiger partial charge in [0, 0.05) is 28.8 Å². The molecule has 1 fully saturated rings. The van der Waals surface area contributed by atoms with Crippen molar-refractivity contribution in [2.45, 2.75) is 25.8 Å². The first-order valence-corrected chi connectivity index (χ1v) is 11.2. The zero-order chi connectivity index (χ0) is 21.1. The van der Waals surface area contributed by atoms with E-state index in [1.165, 1.54) is 17.4 Å². The van der Waals surface area contributed by atoms with Gasteiger partial charge in [-0.2, -0.15) is 0 Å². The van der Waals surface area contributed by atoms with Gasteiger partial charge >= 0.3 is 5.97 Å². The minimum atomic E-state index is -0.780. The zero-order valence-corrected chi connectivity index (χ0v) is 18.0. The van der Waals surface area contributed by atoms with Crippen LogP contribution in [0.2, 0.25) is 5.02 Å². The molecule has 30 heavy (non-hydrogen) atoms. The van der Waals surface area contributed by atoms with Crippen molar-refractivity contribution in [1.29, 1.82) is 0 Å². The molecule has 1 atom stereocenters. The number of benzene rings is 1. The predicted molar refractivity (Wildman–Crippen MR) is 115 cm³/mol. The van der Waals surface area contributed by atoms with Gasteiger partial charge in [-0.25, -0.2) is 14.2 Å². The summed E-state index contributed by atoms with van der Waals surface area (Å²) in [5.74, 6) is -0.348. The van der Waals surface area contributed by atoms with E-state index in [0.29, 0.717) is 22.0 Å². The molecule has 2 aliphatic heterocycles. The molecule has 1 unspecified atom stereocenters. The average molecular weight is 449 g/mol. The maximum atomic E-state index is 14.3. The highest BCUT2D eigenvalue weighted by molar-refractivity contribution is 7.11. The van der Waals surface area contributed by atoms with E-state index in [1.54, 1.807) is 25.3 Å². The summed E-state index contributed by atoms with van der Waals surface area (Å²) in [5.41, 5.74) is 1.58. The molecule has 2 N–H and O–H groups in total. The third-order valence-electron chi connectivity index (χ3n) is 5.23. The molecule has 1 saturated heterocycles. The Kier molecular flexibility index (Phi) is 6.46. The summed E-state index contributed by atoms with van der Waals surface area (Å²) in [6, 6.07) is 3.78. The second-order valence-electron chi connectivity index (χ2n) is 7.06. The number of nitrogens with one attached hydrogen (secondary N) is 2. The molecule has 0 amide bonds. The number of amidine groups is 1. The van der Waals surface area contributed by atoms with Crippen LogP contribution in [-0.4, -0.2) is 36.5 Å². The first-order valence-electron chi connectivity index (χ1n) is 9.90. The molecule has 0 spiro atoms. The Morgan fingerprint density at radius 3 is 2.87 bits per heavy atom. The number of halogens is 2.